The van der Waals surface area contributed by atoms with Gasteiger partial charge in [-0.25, -0.2) is 0 Å². The number of aliphatic hydroxyl groups is 2. The molecule has 0 heterocycles. The van der Waals surface area contributed by atoms with E-state index in [9.17, 15) is 19.8 Å². The highest BCUT2D eigenvalue weighted by Gasteiger charge is 2.20. The molecule has 0 aliphatic rings. The Bertz CT molecular complexity index is 1150. The summed E-state index contributed by atoms with van der Waals surface area (Å²) in [4.78, 5) is 24.6. The Kier molecular flexibility index (Phi) is 62.4. The van der Waals surface area contributed by atoms with E-state index in [1.54, 1.807) is 0 Å². The molecule has 2 unspecified atom stereocenters. The number of carbonyl (C=O) groups is 2. The number of amides is 1. The Morgan fingerprint density at radius 3 is 1.03 bits per heavy atom. The van der Waals surface area contributed by atoms with Crippen LogP contribution < -0.4 is 5.32 Å². The zero-order valence-corrected chi connectivity index (χ0v) is 50.1. The Morgan fingerprint density at radius 1 is 0.378 bits per heavy atom. The SMILES string of the molecule is CCCCCCCCCCCCCCCCCCCCCC(O)C(CO)NC(=O)CCCCCCCCCCCCCCCC/C=C\C/C=C\CCOC(=O)CCCCCCCCCCCCCCCCCCC. The maximum atomic E-state index is 12.5. The van der Waals surface area contributed by atoms with E-state index >= 15 is 0 Å². The van der Waals surface area contributed by atoms with Crippen LogP contribution in [-0.2, 0) is 14.3 Å². The van der Waals surface area contributed by atoms with E-state index in [1.807, 2.05) is 0 Å². The predicted octanol–water partition coefficient (Wildman–Crippen LogP) is 21.4. The van der Waals surface area contributed by atoms with Gasteiger partial charge in [0.1, 0.15) is 0 Å². The minimum Gasteiger partial charge on any atom is -0.465 e. The van der Waals surface area contributed by atoms with E-state index in [0.29, 0.717) is 25.9 Å². The first kappa shape index (κ1) is 72.3. The average molecular weight is 1040 g/mol. The van der Waals surface area contributed by atoms with Gasteiger partial charge in [0.15, 0.2) is 0 Å². The molecule has 0 aliphatic carbocycles. The van der Waals surface area contributed by atoms with Crippen molar-refractivity contribution in [3.63, 3.8) is 0 Å². The van der Waals surface area contributed by atoms with Crippen molar-refractivity contribution < 1.29 is 24.5 Å². The first-order valence-corrected chi connectivity index (χ1v) is 33.6. The van der Waals surface area contributed by atoms with Crippen molar-refractivity contribution in [2.75, 3.05) is 13.2 Å². The van der Waals surface area contributed by atoms with Gasteiger partial charge in [0, 0.05) is 12.8 Å². The van der Waals surface area contributed by atoms with Gasteiger partial charge >= 0.3 is 5.97 Å². The maximum absolute atomic E-state index is 12.5. The summed E-state index contributed by atoms with van der Waals surface area (Å²) in [6.07, 6.45) is 79.3. The second kappa shape index (κ2) is 63.9. The summed E-state index contributed by atoms with van der Waals surface area (Å²) < 4.78 is 5.44. The van der Waals surface area contributed by atoms with Crippen LogP contribution in [0.2, 0.25) is 0 Å². The average Bonchev–Trinajstić information content (AvgIpc) is 3.40. The summed E-state index contributed by atoms with van der Waals surface area (Å²) in [7, 11) is 0. The third-order valence-corrected chi connectivity index (χ3v) is 15.8. The molecule has 0 saturated heterocycles. The summed E-state index contributed by atoms with van der Waals surface area (Å²) in [5.41, 5.74) is 0. The second-order valence-corrected chi connectivity index (χ2v) is 23.2. The molecule has 74 heavy (non-hydrogen) atoms. The van der Waals surface area contributed by atoms with Crippen LogP contribution in [0.4, 0.5) is 0 Å². The molecule has 0 aromatic rings. The molecule has 0 fully saturated rings. The van der Waals surface area contributed by atoms with Crippen LogP contribution in [0.25, 0.3) is 0 Å². The fourth-order valence-corrected chi connectivity index (χ4v) is 10.7. The summed E-state index contributed by atoms with van der Waals surface area (Å²) in [5.74, 6) is -0.0665. The van der Waals surface area contributed by atoms with E-state index in [-0.39, 0.29) is 18.5 Å². The van der Waals surface area contributed by atoms with Crippen LogP contribution in [-0.4, -0.2) is 47.4 Å². The van der Waals surface area contributed by atoms with Gasteiger partial charge in [-0.15, -0.1) is 0 Å². The molecule has 0 saturated carbocycles. The van der Waals surface area contributed by atoms with Crippen molar-refractivity contribution in [3.05, 3.63) is 24.3 Å². The number of allylic oxidation sites excluding steroid dienone is 3. The molecule has 0 aromatic heterocycles. The number of esters is 1. The number of carbonyl (C=O) groups excluding carboxylic acids is 2. The first-order chi connectivity index (χ1) is 36.5. The monoisotopic (exact) mass is 1040 g/mol. The van der Waals surface area contributed by atoms with E-state index in [0.717, 1.165) is 51.4 Å². The number of hydrogen-bond donors (Lipinski definition) is 3. The lowest BCUT2D eigenvalue weighted by atomic mass is 10.0. The molecule has 0 bridgehead atoms. The standard InChI is InChI=1S/C68H131NO5/c1-3-5-7-9-11-13-15-17-19-21-25-29-32-36-40-44-48-52-56-60-66(71)65(64-70)69-67(72)61-57-53-49-45-41-37-33-30-26-23-22-24-27-31-35-39-43-47-51-55-59-63-74-68(73)62-58-54-50-46-42-38-34-28-20-18-16-14-12-10-8-6-4-2/h39,43,51,55,65-66,70-71H,3-38,40-42,44-50,52-54,56-64H2,1-2H3,(H,69,72)/b43-39-,55-51-. The normalized spacial score (nSPS) is 12.6. The summed E-state index contributed by atoms with van der Waals surface area (Å²) >= 11 is 0. The summed E-state index contributed by atoms with van der Waals surface area (Å²) in [6, 6.07) is -0.546. The molecule has 6 nitrogen and oxygen atoms in total. The molecule has 438 valence electrons. The molecule has 0 rings (SSSR count). The van der Waals surface area contributed by atoms with Crippen LogP contribution in [0, 0.1) is 0 Å². The lowest BCUT2D eigenvalue weighted by molar-refractivity contribution is -0.143. The molecule has 0 aromatic carbocycles. The van der Waals surface area contributed by atoms with Crippen LogP contribution in [0.1, 0.15) is 373 Å². The van der Waals surface area contributed by atoms with Gasteiger partial charge in [-0.1, -0.05) is 340 Å². The summed E-state index contributed by atoms with van der Waals surface area (Å²) in [6.45, 7) is 4.88. The third kappa shape index (κ3) is 59.6. The molecular formula is C68H131NO5. The van der Waals surface area contributed by atoms with E-state index in [4.69, 9.17) is 4.74 Å². The van der Waals surface area contributed by atoms with Crippen molar-refractivity contribution >= 4 is 11.9 Å². The number of hydrogen-bond acceptors (Lipinski definition) is 5. The summed E-state index contributed by atoms with van der Waals surface area (Å²) in [5, 5.41) is 23.4. The van der Waals surface area contributed by atoms with E-state index in [1.165, 1.54) is 289 Å². The number of rotatable bonds is 63. The third-order valence-electron chi connectivity index (χ3n) is 15.8. The molecule has 0 aliphatic heterocycles. The fourth-order valence-electron chi connectivity index (χ4n) is 10.7. The Hall–Kier alpha value is -1.66. The zero-order chi connectivity index (χ0) is 53.6. The van der Waals surface area contributed by atoms with Crippen molar-refractivity contribution in [2.24, 2.45) is 0 Å². The first-order valence-electron chi connectivity index (χ1n) is 33.6. The second-order valence-electron chi connectivity index (χ2n) is 23.2. The minimum absolute atomic E-state index is 0.0304. The minimum atomic E-state index is -0.668. The topological polar surface area (TPSA) is 95.9 Å². The van der Waals surface area contributed by atoms with Crippen LogP contribution in [0.15, 0.2) is 24.3 Å². The largest absolute Gasteiger partial charge is 0.465 e. The quantitative estimate of drug-likeness (QED) is 0.0320. The van der Waals surface area contributed by atoms with Crippen LogP contribution in [0.3, 0.4) is 0 Å². The Balaban J connectivity index is 3.43. The highest BCUT2D eigenvalue weighted by atomic mass is 16.5. The molecular weight excluding hydrogens is 911 g/mol. The highest BCUT2D eigenvalue weighted by Crippen LogP contribution is 2.19. The molecule has 3 N–H and O–H groups in total. The van der Waals surface area contributed by atoms with Crippen molar-refractivity contribution in [1.82, 2.24) is 5.32 Å². The van der Waals surface area contributed by atoms with Gasteiger partial charge in [-0.3, -0.25) is 9.59 Å². The van der Waals surface area contributed by atoms with Crippen molar-refractivity contribution in [2.45, 2.75) is 386 Å². The number of aliphatic hydroxyl groups excluding tert-OH is 2. The Morgan fingerprint density at radius 2 is 0.676 bits per heavy atom. The van der Waals surface area contributed by atoms with Gasteiger partial charge in [0.2, 0.25) is 5.91 Å². The van der Waals surface area contributed by atoms with Crippen LogP contribution in [0.5, 0.6) is 0 Å². The Labute approximate surface area is 462 Å². The van der Waals surface area contributed by atoms with Gasteiger partial charge in [0.05, 0.1) is 25.4 Å². The van der Waals surface area contributed by atoms with Crippen molar-refractivity contribution in [3.8, 4) is 0 Å². The smallest absolute Gasteiger partial charge is 0.305 e. The predicted molar refractivity (Wildman–Crippen MR) is 324 cm³/mol. The molecule has 0 spiro atoms. The number of nitrogens with one attached hydrogen (secondary N) is 1. The van der Waals surface area contributed by atoms with Gasteiger partial charge in [0.25, 0.3) is 0 Å². The van der Waals surface area contributed by atoms with Gasteiger partial charge in [-0.05, 0) is 44.9 Å². The van der Waals surface area contributed by atoms with Crippen LogP contribution >= 0.6 is 0 Å². The maximum Gasteiger partial charge on any atom is 0.305 e. The number of unbranched alkanes of at least 4 members (excludes halogenated alkanes) is 48. The lowest BCUT2D eigenvalue weighted by Gasteiger charge is -2.22. The zero-order valence-electron chi connectivity index (χ0n) is 50.1. The molecule has 0 radical (unpaired) electrons. The molecule has 2 atom stereocenters. The number of ether oxygens (including phenoxy) is 1. The van der Waals surface area contributed by atoms with Crippen molar-refractivity contribution in [1.29, 1.82) is 0 Å². The highest BCUT2D eigenvalue weighted by molar-refractivity contribution is 5.76. The van der Waals surface area contributed by atoms with Gasteiger partial charge < -0.3 is 20.3 Å². The van der Waals surface area contributed by atoms with E-state index < -0.39 is 12.1 Å². The van der Waals surface area contributed by atoms with E-state index in [2.05, 4.69) is 43.5 Å². The molecule has 1 amide bonds. The van der Waals surface area contributed by atoms with Gasteiger partial charge in [-0.2, -0.15) is 0 Å². The lowest BCUT2D eigenvalue weighted by Crippen LogP contribution is -2.45. The molecule has 6 heteroatoms. The fraction of sp³-hybridized carbons (Fsp3) is 0.912.